The molecule has 0 spiro atoms. The Balaban J connectivity index is 1.81. The van der Waals surface area contributed by atoms with Crippen LogP contribution < -0.4 is 10.9 Å². The fraction of sp³-hybridized carbons (Fsp3) is 0.583. The van der Waals surface area contributed by atoms with Crippen molar-refractivity contribution in [3.8, 4) is 5.88 Å². The normalized spacial score (nSPS) is 21.1. The highest BCUT2D eigenvalue weighted by atomic mass is 16.5. The van der Waals surface area contributed by atoms with E-state index >= 15 is 0 Å². The molecule has 1 aliphatic heterocycles. The third kappa shape index (κ3) is 4.46. The van der Waals surface area contributed by atoms with Gasteiger partial charge in [-0.3, -0.25) is 19.0 Å². The minimum absolute atomic E-state index is 0.0365. The van der Waals surface area contributed by atoms with Gasteiger partial charge in [-0.25, -0.2) is 0 Å². The molecule has 10 nitrogen and oxygen atoms in total. The van der Waals surface area contributed by atoms with E-state index in [4.69, 9.17) is 4.74 Å². The van der Waals surface area contributed by atoms with Crippen molar-refractivity contribution >= 4 is 23.5 Å². The number of hydrogen-bond donors (Lipinski definition) is 2. The molecular formula is C24H33N5O5. The molecule has 3 heterocycles. The largest absolute Gasteiger partial charge is 0.492 e. The SMILES string of the molecule is Cc1nn2c(O)c(C(=O)NC3CC3)c(=O)n(CC(C)C)c2c1/C=C/C(=O)N1[C@H](C)COC[C@@H]1C. The summed E-state index contributed by atoms with van der Waals surface area (Å²) in [5.74, 6) is -1.17. The van der Waals surface area contributed by atoms with E-state index in [9.17, 15) is 19.5 Å². The Kier molecular flexibility index (Phi) is 6.53. The van der Waals surface area contributed by atoms with Crippen LogP contribution in [-0.4, -0.2) is 67.3 Å². The van der Waals surface area contributed by atoms with Gasteiger partial charge in [0.05, 0.1) is 31.0 Å². The molecule has 2 amide bonds. The Bertz CT molecular complexity index is 1200. The summed E-state index contributed by atoms with van der Waals surface area (Å²) in [5.41, 5.74) is 0.533. The first-order valence-electron chi connectivity index (χ1n) is 11.8. The van der Waals surface area contributed by atoms with Crippen LogP contribution in [-0.2, 0) is 16.1 Å². The zero-order valence-corrected chi connectivity index (χ0v) is 20.4. The lowest BCUT2D eigenvalue weighted by Crippen LogP contribution is -2.51. The molecule has 2 N–H and O–H groups in total. The summed E-state index contributed by atoms with van der Waals surface area (Å²) in [7, 11) is 0. The number of morpholine rings is 1. The molecule has 2 aromatic heterocycles. The van der Waals surface area contributed by atoms with Crippen LogP contribution in [0, 0.1) is 12.8 Å². The Labute approximate surface area is 198 Å². The highest BCUT2D eigenvalue weighted by Crippen LogP contribution is 2.25. The first-order valence-corrected chi connectivity index (χ1v) is 11.8. The number of ether oxygens (including phenoxy) is 1. The summed E-state index contributed by atoms with van der Waals surface area (Å²) < 4.78 is 8.20. The van der Waals surface area contributed by atoms with Gasteiger partial charge in [-0.15, -0.1) is 0 Å². The van der Waals surface area contributed by atoms with Crippen LogP contribution in [0.15, 0.2) is 10.9 Å². The molecule has 184 valence electrons. The molecule has 0 radical (unpaired) electrons. The number of aromatic nitrogens is 3. The topological polar surface area (TPSA) is 118 Å². The van der Waals surface area contributed by atoms with E-state index in [2.05, 4.69) is 10.4 Å². The van der Waals surface area contributed by atoms with Crippen molar-refractivity contribution in [1.82, 2.24) is 24.4 Å². The standard InChI is InChI=1S/C24H33N5O5/c1-13(2)10-27-22-18(8-9-19(30)28-14(3)11-34-12-15(28)4)16(5)26-29(22)24(33)20(23(27)32)21(31)25-17-6-7-17/h8-9,13-15,17,33H,6-7,10-12H2,1-5H3,(H,25,31)/b9-8+/t14-,15+. The summed E-state index contributed by atoms with van der Waals surface area (Å²) in [6.07, 6.45) is 4.82. The molecule has 0 bridgehead atoms. The predicted octanol–water partition coefficient (Wildman–Crippen LogP) is 1.71. The van der Waals surface area contributed by atoms with Crippen LogP contribution in [0.25, 0.3) is 11.7 Å². The lowest BCUT2D eigenvalue weighted by molar-refractivity contribution is -0.138. The highest BCUT2D eigenvalue weighted by molar-refractivity contribution is 5.97. The molecule has 1 aliphatic carbocycles. The lowest BCUT2D eigenvalue weighted by Gasteiger charge is -2.38. The molecule has 0 aromatic carbocycles. The molecule has 2 aliphatic rings. The van der Waals surface area contributed by atoms with Crippen molar-refractivity contribution in [3.63, 3.8) is 0 Å². The van der Waals surface area contributed by atoms with Gasteiger partial charge >= 0.3 is 0 Å². The van der Waals surface area contributed by atoms with E-state index < -0.39 is 17.3 Å². The summed E-state index contributed by atoms with van der Waals surface area (Å²) in [4.78, 5) is 40.9. The molecule has 1 saturated carbocycles. The average Bonchev–Trinajstić information content (AvgIpc) is 3.50. The maximum absolute atomic E-state index is 13.4. The number of hydrogen-bond acceptors (Lipinski definition) is 6. The van der Waals surface area contributed by atoms with Crippen LogP contribution >= 0.6 is 0 Å². The fourth-order valence-electron chi connectivity index (χ4n) is 4.46. The maximum atomic E-state index is 13.4. The molecule has 10 heteroatoms. The number of amides is 2. The van der Waals surface area contributed by atoms with E-state index in [1.807, 2.05) is 27.7 Å². The van der Waals surface area contributed by atoms with E-state index in [0.717, 1.165) is 12.8 Å². The molecule has 2 atom stereocenters. The third-order valence-corrected chi connectivity index (χ3v) is 6.22. The van der Waals surface area contributed by atoms with Crippen molar-refractivity contribution in [2.24, 2.45) is 5.92 Å². The number of rotatable bonds is 6. The van der Waals surface area contributed by atoms with Crippen LogP contribution in [0.4, 0.5) is 0 Å². The van der Waals surface area contributed by atoms with E-state index in [1.165, 1.54) is 15.2 Å². The lowest BCUT2D eigenvalue weighted by atomic mass is 10.1. The summed E-state index contributed by atoms with van der Waals surface area (Å²) >= 11 is 0. The Morgan fingerprint density at radius 1 is 1.24 bits per heavy atom. The first-order chi connectivity index (χ1) is 16.1. The summed E-state index contributed by atoms with van der Waals surface area (Å²) in [6.45, 7) is 10.8. The van der Waals surface area contributed by atoms with Crippen LogP contribution in [0.3, 0.4) is 0 Å². The van der Waals surface area contributed by atoms with Gasteiger partial charge in [0.15, 0.2) is 5.56 Å². The second kappa shape index (κ2) is 9.25. The Morgan fingerprint density at radius 2 is 1.88 bits per heavy atom. The van der Waals surface area contributed by atoms with Crippen LogP contribution in [0.2, 0.25) is 0 Å². The molecule has 4 rings (SSSR count). The van der Waals surface area contributed by atoms with E-state index in [1.54, 1.807) is 17.9 Å². The van der Waals surface area contributed by atoms with Gasteiger partial charge in [-0.2, -0.15) is 9.61 Å². The number of carbonyl (C=O) groups is 2. The van der Waals surface area contributed by atoms with Gasteiger partial charge in [-0.05, 0) is 45.6 Å². The smallest absolute Gasteiger partial charge is 0.270 e. The van der Waals surface area contributed by atoms with Gasteiger partial charge in [0.2, 0.25) is 11.8 Å². The molecule has 0 unspecified atom stereocenters. The van der Waals surface area contributed by atoms with Gasteiger partial charge in [-0.1, -0.05) is 13.8 Å². The zero-order chi connectivity index (χ0) is 24.7. The van der Waals surface area contributed by atoms with Crippen molar-refractivity contribution in [2.75, 3.05) is 13.2 Å². The van der Waals surface area contributed by atoms with Crippen molar-refractivity contribution in [1.29, 1.82) is 0 Å². The van der Waals surface area contributed by atoms with Crippen molar-refractivity contribution in [2.45, 2.75) is 72.1 Å². The predicted molar refractivity (Wildman–Crippen MR) is 127 cm³/mol. The number of nitrogens with one attached hydrogen (secondary N) is 1. The van der Waals surface area contributed by atoms with Gasteiger partial charge < -0.3 is 20.1 Å². The molecular weight excluding hydrogens is 438 g/mol. The number of aromatic hydroxyl groups is 1. The third-order valence-electron chi connectivity index (χ3n) is 6.22. The number of fused-ring (bicyclic) bond motifs is 1. The summed E-state index contributed by atoms with van der Waals surface area (Å²) in [5, 5.41) is 18.1. The molecule has 1 saturated heterocycles. The van der Waals surface area contributed by atoms with Crippen molar-refractivity contribution < 1.29 is 19.4 Å². The Morgan fingerprint density at radius 3 is 2.47 bits per heavy atom. The van der Waals surface area contributed by atoms with Gasteiger partial charge in [0.25, 0.3) is 11.5 Å². The maximum Gasteiger partial charge on any atom is 0.270 e. The first kappa shape index (κ1) is 24.0. The Hall–Kier alpha value is -3.14. The highest BCUT2D eigenvalue weighted by Gasteiger charge is 2.31. The molecule has 34 heavy (non-hydrogen) atoms. The minimum Gasteiger partial charge on any atom is -0.492 e. The van der Waals surface area contributed by atoms with E-state index in [-0.39, 0.29) is 35.5 Å². The van der Waals surface area contributed by atoms with E-state index in [0.29, 0.717) is 36.7 Å². The molecule has 2 aromatic rings. The fourth-order valence-corrected chi connectivity index (χ4v) is 4.46. The quantitative estimate of drug-likeness (QED) is 0.620. The second-order valence-electron chi connectivity index (χ2n) is 9.80. The number of nitrogens with zero attached hydrogens (tertiary/aromatic N) is 4. The number of carbonyl (C=O) groups excluding carboxylic acids is 2. The second-order valence-corrected chi connectivity index (χ2v) is 9.80. The monoisotopic (exact) mass is 471 g/mol. The van der Waals surface area contributed by atoms with Crippen molar-refractivity contribution in [3.05, 3.63) is 33.3 Å². The molecule has 2 fully saturated rings. The minimum atomic E-state index is -0.597. The van der Waals surface area contributed by atoms with Gasteiger partial charge in [0.1, 0.15) is 5.65 Å². The van der Waals surface area contributed by atoms with Gasteiger partial charge in [0, 0.05) is 24.2 Å². The zero-order valence-electron chi connectivity index (χ0n) is 20.4. The van der Waals surface area contributed by atoms with Crippen LogP contribution in [0.1, 0.15) is 62.2 Å². The summed E-state index contributed by atoms with van der Waals surface area (Å²) in [6, 6.07) is -0.0717. The number of aryl methyl sites for hydroxylation is 1. The van der Waals surface area contributed by atoms with Crippen LogP contribution in [0.5, 0.6) is 5.88 Å². The average molecular weight is 472 g/mol.